The Hall–Kier alpha value is -1.22. The minimum Gasteiger partial charge on any atom is -0.497 e. The number of nitrogens with one attached hydrogen (secondary N) is 1. The lowest BCUT2D eigenvalue weighted by atomic mass is 9.96. The first-order valence-electron chi connectivity index (χ1n) is 6.28. The molecule has 3 heteroatoms. The zero-order chi connectivity index (χ0) is 12.3. The van der Waals surface area contributed by atoms with Gasteiger partial charge in [-0.15, -0.1) is 0 Å². The van der Waals surface area contributed by atoms with Crippen LogP contribution in [0.5, 0.6) is 11.5 Å². The lowest BCUT2D eigenvalue weighted by molar-refractivity contribution is 0.388. The molecular weight excluding hydrogens is 214 g/mol. The fourth-order valence-electron chi connectivity index (χ4n) is 2.58. The highest BCUT2D eigenvalue weighted by atomic mass is 16.5. The second-order valence-corrected chi connectivity index (χ2v) is 4.40. The highest BCUT2D eigenvalue weighted by molar-refractivity contribution is 5.48. The molecule has 0 spiro atoms. The largest absolute Gasteiger partial charge is 0.497 e. The van der Waals surface area contributed by atoms with Gasteiger partial charge in [0.05, 0.1) is 14.2 Å². The predicted octanol–water partition coefficient (Wildman–Crippen LogP) is 2.69. The molecule has 1 aliphatic rings. The van der Waals surface area contributed by atoms with Crippen LogP contribution in [0.1, 0.15) is 36.9 Å². The summed E-state index contributed by atoms with van der Waals surface area (Å²) >= 11 is 0. The number of benzene rings is 1. The Bertz CT molecular complexity index is 384. The Morgan fingerprint density at radius 2 is 2.12 bits per heavy atom. The van der Waals surface area contributed by atoms with Crippen molar-refractivity contribution in [3.8, 4) is 11.5 Å². The molecular formula is C14H21NO2. The van der Waals surface area contributed by atoms with Gasteiger partial charge in [0, 0.05) is 12.1 Å². The maximum Gasteiger partial charge on any atom is 0.126 e. The van der Waals surface area contributed by atoms with Crippen LogP contribution in [0.2, 0.25) is 0 Å². The van der Waals surface area contributed by atoms with E-state index in [1.807, 2.05) is 6.07 Å². The first-order valence-corrected chi connectivity index (χ1v) is 6.28. The maximum absolute atomic E-state index is 5.47. The molecule has 0 radical (unpaired) electrons. The fourth-order valence-corrected chi connectivity index (χ4v) is 2.58. The molecule has 0 saturated carbocycles. The Kier molecular flexibility index (Phi) is 3.89. The molecule has 1 atom stereocenters. The van der Waals surface area contributed by atoms with Crippen LogP contribution >= 0.6 is 0 Å². The fraction of sp³-hybridized carbons (Fsp3) is 0.571. The van der Waals surface area contributed by atoms with Crippen LogP contribution in [-0.2, 0) is 6.42 Å². The van der Waals surface area contributed by atoms with E-state index in [4.69, 9.17) is 9.47 Å². The monoisotopic (exact) mass is 235 g/mol. The normalized spacial score (nSPS) is 19.4. The summed E-state index contributed by atoms with van der Waals surface area (Å²) in [5, 5.41) is 3.54. The Morgan fingerprint density at radius 1 is 1.29 bits per heavy atom. The standard InChI is InChI=1S/C14H21NO2/c1-4-11-12(13-6-5-7-15-13)8-10(16-2)9-14(11)17-3/h8-9,13,15H,4-7H2,1-3H3. The smallest absolute Gasteiger partial charge is 0.126 e. The van der Waals surface area contributed by atoms with Crippen molar-refractivity contribution in [3.63, 3.8) is 0 Å². The van der Waals surface area contributed by atoms with Crippen LogP contribution in [-0.4, -0.2) is 20.8 Å². The summed E-state index contributed by atoms with van der Waals surface area (Å²) in [5.74, 6) is 1.82. The van der Waals surface area contributed by atoms with Crippen LogP contribution in [0.4, 0.5) is 0 Å². The van der Waals surface area contributed by atoms with E-state index in [1.165, 1.54) is 24.0 Å². The van der Waals surface area contributed by atoms with Crippen molar-refractivity contribution < 1.29 is 9.47 Å². The van der Waals surface area contributed by atoms with Gasteiger partial charge in [-0.1, -0.05) is 6.92 Å². The van der Waals surface area contributed by atoms with Gasteiger partial charge in [0.2, 0.25) is 0 Å². The predicted molar refractivity (Wildman–Crippen MR) is 68.9 cm³/mol. The molecule has 1 saturated heterocycles. The molecule has 1 aromatic carbocycles. The number of hydrogen-bond donors (Lipinski definition) is 1. The summed E-state index contributed by atoms with van der Waals surface area (Å²) in [7, 11) is 3.42. The number of methoxy groups -OCH3 is 2. The second-order valence-electron chi connectivity index (χ2n) is 4.40. The summed E-state index contributed by atoms with van der Waals surface area (Å²) in [4.78, 5) is 0. The van der Waals surface area contributed by atoms with Crippen LogP contribution in [0, 0.1) is 0 Å². The molecule has 2 rings (SSSR count). The lowest BCUT2D eigenvalue weighted by Gasteiger charge is -2.19. The van der Waals surface area contributed by atoms with E-state index in [2.05, 4.69) is 18.3 Å². The van der Waals surface area contributed by atoms with Gasteiger partial charge in [-0.3, -0.25) is 0 Å². The third kappa shape index (κ3) is 2.39. The molecule has 94 valence electrons. The molecule has 0 aromatic heterocycles. The van der Waals surface area contributed by atoms with Gasteiger partial charge in [0.15, 0.2) is 0 Å². The van der Waals surface area contributed by atoms with Gasteiger partial charge < -0.3 is 14.8 Å². The van der Waals surface area contributed by atoms with Gasteiger partial charge in [0.1, 0.15) is 11.5 Å². The van der Waals surface area contributed by atoms with Crippen LogP contribution in [0.3, 0.4) is 0 Å². The zero-order valence-corrected chi connectivity index (χ0v) is 10.9. The number of rotatable bonds is 4. The molecule has 17 heavy (non-hydrogen) atoms. The average Bonchev–Trinajstić information content (AvgIpc) is 2.90. The van der Waals surface area contributed by atoms with Crippen LogP contribution < -0.4 is 14.8 Å². The molecule has 0 aliphatic carbocycles. The first kappa shape index (κ1) is 12.2. The number of hydrogen-bond acceptors (Lipinski definition) is 3. The van der Waals surface area contributed by atoms with E-state index in [0.29, 0.717) is 6.04 Å². The van der Waals surface area contributed by atoms with Crippen molar-refractivity contribution >= 4 is 0 Å². The van der Waals surface area contributed by atoms with Gasteiger partial charge >= 0.3 is 0 Å². The van der Waals surface area contributed by atoms with Crippen molar-refractivity contribution in [3.05, 3.63) is 23.3 Å². The van der Waals surface area contributed by atoms with Gasteiger partial charge in [0.25, 0.3) is 0 Å². The molecule has 1 fully saturated rings. The van der Waals surface area contributed by atoms with Gasteiger partial charge in [-0.05, 0) is 43.0 Å². The van der Waals surface area contributed by atoms with E-state index in [-0.39, 0.29) is 0 Å². The minimum atomic E-state index is 0.453. The summed E-state index contributed by atoms with van der Waals surface area (Å²) in [6.45, 7) is 3.27. The third-order valence-corrected chi connectivity index (χ3v) is 3.46. The van der Waals surface area contributed by atoms with Crippen molar-refractivity contribution in [2.24, 2.45) is 0 Å². The van der Waals surface area contributed by atoms with Crippen LogP contribution in [0.25, 0.3) is 0 Å². The molecule has 1 heterocycles. The summed E-state index contributed by atoms with van der Waals surface area (Å²) in [5.41, 5.74) is 2.63. The highest BCUT2D eigenvalue weighted by Crippen LogP contribution is 2.35. The van der Waals surface area contributed by atoms with E-state index < -0.39 is 0 Å². The highest BCUT2D eigenvalue weighted by Gasteiger charge is 2.21. The van der Waals surface area contributed by atoms with Crippen molar-refractivity contribution in [1.29, 1.82) is 0 Å². The van der Waals surface area contributed by atoms with E-state index in [9.17, 15) is 0 Å². The minimum absolute atomic E-state index is 0.453. The van der Waals surface area contributed by atoms with Gasteiger partial charge in [-0.25, -0.2) is 0 Å². The lowest BCUT2D eigenvalue weighted by Crippen LogP contribution is -2.15. The van der Waals surface area contributed by atoms with Crippen molar-refractivity contribution in [1.82, 2.24) is 5.32 Å². The van der Waals surface area contributed by atoms with Crippen molar-refractivity contribution in [2.75, 3.05) is 20.8 Å². The SMILES string of the molecule is CCc1c(OC)cc(OC)cc1C1CCCN1. The van der Waals surface area contributed by atoms with E-state index >= 15 is 0 Å². The summed E-state index contributed by atoms with van der Waals surface area (Å²) in [6, 6.07) is 4.57. The topological polar surface area (TPSA) is 30.5 Å². The van der Waals surface area contributed by atoms with Crippen LogP contribution in [0.15, 0.2) is 12.1 Å². The molecule has 0 bridgehead atoms. The molecule has 1 aromatic rings. The molecule has 1 N–H and O–H groups in total. The second kappa shape index (κ2) is 5.41. The quantitative estimate of drug-likeness (QED) is 0.870. The third-order valence-electron chi connectivity index (χ3n) is 3.46. The Balaban J connectivity index is 2.45. The molecule has 0 amide bonds. The Labute approximate surface area is 103 Å². The average molecular weight is 235 g/mol. The molecule has 1 aliphatic heterocycles. The number of ether oxygens (including phenoxy) is 2. The van der Waals surface area contributed by atoms with Crippen molar-refractivity contribution in [2.45, 2.75) is 32.2 Å². The summed E-state index contributed by atoms with van der Waals surface area (Å²) < 4.78 is 10.8. The van der Waals surface area contributed by atoms with E-state index in [1.54, 1.807) is 14.2 Å². The first-order chi connectivity index (χ1) is 8.30. The zero-order valence-electron chi connectivity index (χ0n) is 10.9. The van der Waals surface area contributed by atoms with Gasteiger partial charge in [-0.2, -0.15) is 0 Å². The molecule has 3 nitrogen and oxygen atoms in total. The molecule has 1 unspecified atom stereocenters. The maximum atomic E-state index is 5.47. The summed E-state index contributed by atoms with van der Waals surface area (Å²) in [6.07, 6.45) is 3.43. The van der Waals surface area contributed by atoms with E-state index in [0.717, 1.165) is 24.5 Å². The Morgan fingerprint density at radius 3 is 2.65 bits per heavy atom.